The van der Waals surface area contributed by atoms with Crippen LogP contribution in [0.5, 0.6) is 0 Å². The third kappa shape index (κ3) is 15.6. The van der Waals surface area contributed by atoms with Crippen LogP contribution in [0.25, 0.3) is 0 Å². The van der Waals surface area contributed by atoms with Crippen molar-refractivity contribution in [3.63, 3.8) is 0 Å². The Bertz CT molecular complexity index is 146. The van der Waals surface area contributed by atoms with Gasteiger partial charge < -0.3 is 9.53 Å². The van der Waals surface area contributed by atoms with Crippen LogP contribution in [0.3, 0.4) is 0 Å². The van der Waals surface area contributed by atoms with Crippen LogP contribution in [0.15, 0.2) is 0 Å². The molecule has 0 aliphatic rings. The summed E-state index contributed by atoms with van der Waals surface area (Å²) in [4.78, 5) is 10.1. The number of rotatable bonds is 14. The lowest BCUT2D eigenvalue weighted by Crippen LogP contribution is -1.97. The molecule has 17 heavy (non-hydrogen) atoms. The molecule has 0 fully saturated rings. The first-order valence-corrected chi connectivity index (χ1v) is 7.43. The van der Waals surface area contributed by atoms with Gasteiger partial charge in [0.25, 0.3) is 0 Å². The van der Waals surface area contributed by atoms with Gasteiger partial charge in [-0.05, 0) is 19.3 Å². The normalized spacial score (nSPS) is 10.6. The van der Waals surface area contributed by atoms with Gasteiger partial charge in [0.1, 0.15) is 6.29 Å². The van der Waals surface area contributed by atoms with Crippen molar-refractivity contribution in [3.8, 4) is 0 Å². The van der Waals surface area contributed by atoms with E-state index in [0.717, 1.165) is 32.3 Å². The van der Waals surface area contributed by atoms with E-state index >= 15 is 0 Å². The van der Waals surface area contributed by atoms with Gasteiger partial charge in [0, 0.05) is 19.6 Å². The zero-order valence-electron chi connectivity index (χ0n) is 11.6. The lowest BCUT2D eigenvalue weighted by Gasteiger charge is -2.03. The van der Waals surface area contributed by atoms with Gasteiger partial charge in [-0.3, -0.25) is 0 Å². The molecule has 0 saturated carbocycles. The first-order valence-electron chi connectivity index (χ1n) is 7.43. The van der Waals surface area contributed by atoms with E-state index in [4.69, 9.17) is 4.74 Å². The summed E-state index contributed by atoms with van der Waals surface area (Å²) in [6.45, 7) is 3.98. The molecule has 0 saturated heterocycles. The highest BCUT2D eigenvalue weighted by atomic mass is 16.5. The smallest absolute Gasteiger partial charge is 0.119 e. The maximum atomic E-state index is 10.1. The van der Waals surface area contributed by atoms with Crippen molar-refractivity contribution >= 4 is 6.29 Å². The van der Waals surface area contributed by atoms with E-state index in [1.54, 1.807) is 0 Å². The molecule has 0 aliphatic carbocycles. The molecule has 0 heterocycles. The zero-order valence-corrected chi connectivity index (χ0v) is 11.6. The maximum Gasteiger partial charge on any atom is 0.119 e. The average Bonchev–Trinajstić information content (AvgIpc) is 2.35. The van der Waals surface area contributed by atoms with Crippen LogP contribution < -0.4 is 0 Å². The van der Waals surface area contributed by atoms with E-state index in [-0.39, 0.29) is 0 Å². The fourth-order valence-corrected chi connectivity index (χ4v) is 1.87. The lowest BCUT2D eigenvalue weighted by atomic mass is 10.1. The van der Waals surface area contributed by atoms with Gasteiger partial charge in [-0.2, -0.15) is 0 Å². The van der Waals surface area contributed by atoms with Crippen LogP contribution >= 0.6 is 0 Å². The van der Waals surface area contributed by atoms with Crippen molar-refractivity contribution in [2.75, 3.05) is 13.2 Å². The lowest BCUT2D eigenvalue weighted by molar-refractivity contribution is -0.108. The molecule has 0 aromatic rings. The van der Waals surface area contributed by atoms with Crippen LogP contribution in [0.4, 0.5) is 0 Å². The van der Waals surface area contributed by atoms with E-state index in [1.807, 2.05) is 0 Å². The van der Waals surface area contributed by atoms with Crippen molar-refractivity contribution < 1.29 is 9.53 Å². The first-order chi connectivity index (χ1) is 8.41. The van der Waals surface area contributed by atoms with Crippen LogP contribution in [0.1, 0.15) is 77.6 Å². The molecule has 0 radical (unpaired) electrons. The van der Waals surface area contributed by atoms with Crippen molar-refractivity contribution in [1.29, 1.82) is 0 Å². The summed E-state index contributed by atoms with van der Waals surface area (Å²) in [5.41, 5.74) is 0. The summed E-state index contributed by atoms with van der Waals surface area (Å²) >= 11 is 0. The molecule has 0 aromatic carbocycles. The Labute approximate surface area is 107 Å². The molecule has 2 nitrogen and oxygen atoms in total. The van der Waals surface area contributed by atoms with Crippen molar-refractivity contribution in [2.24, 2.45) is 0 Å². The molecular weight excluding hydrogens is 212 g/mol. The molecular formula is C15H30O2. The number of hydrogen-bond acceptors (Lipinski definition) is 2. The van der Waals surface area contributed by atoms with E-state index < -0.39 is 0 Å². The summed E-state index contributed by atoms with van der Waals surface area (Å²) in [5.74, 6) is 0. The van der Waals surface area contributed by atoms with Gasteiger partial charge in [0.05, 0.1) is 0 Å². The van der Waals surface area contributed by atoms with E-state index in [1.165, 1.54) is 51.4 Å². The minimum Gasteiger partial charge on any atom is -0.381 e. The van der Waals surface area contributed by atoms with Gasteiger partial charge in [0.2, 0.25) is 0 Å². The van der Waals surface area contributed by atoms with Crippen LogP contribution in [0.2, 0.25) is 0 Å². The molecule has 0 N–H and O–H groups in total. The summed E-state index contributed by atoms with van der Waals surface area (Å²) in [7, 11) is 0. The largest absolute Gasteiger partial charge is 0.381 e. The molecule has 0 aromatic heterocycles. The highest BCUT2D eigenvalue weighted by molar-refractivity contribution is 5.48. The number of aldehydes is 1. The number of ether oxygens (including phenoxy) is 1. The van der Waals surface area contributed by atoms with Gasteiger partial charge in [-0.15, -0.1) is 0 Å². The van der Waals surface area contributed by atoms with E-state index in [0.29, 0.717) is 6.42 Å². The minimum absolute atomic E-state index is 0.682. The van der Waals surface area contributed by atoms with Crippen molar-refractivity contribution in [1.82, 2.24) is 0 Å². The van der Waals surface area contributed by atoms with Crippen LogP contribution in [-0.2, 0) is 9.53 Å². The Kier molecular flexibility index (Phi) is 15.3. The molecule has 0 spiro atoms. The van der Waals surface area contributed by atoms with E-state index in [9.17, 15) is 4.79 Å². The van der Waals surface area contributed by atoms with Crippen molar-refractivity contribution in [2.45, 2.75) is 77.6 Å². The molecule has 0 aliphatic heterocycles. The first kappa shape index (κ1) is 16.6. The zero-order chi connectivity index (χ0) is 12.6. The predicted octanol–water partition coefficient (Wildman–Crippen LogP) is 4.51. The third-order valence-electron chi connectivity index (χ3n) is 3.00. The summed E-state index contributed by atoms with van der Waals surface area (Å²) in [6.07, 6.45) is 14.4. The standard InChI is InChI=1S/C15H30O2/c1-2-3-4-5-6-7-8-11-14-17-15-12-9-10-13-16/h13H,2-12,14-15H2,1H3. The van der Waals surface area contributed by atoms with Crippen LogP contribution in [0, 0.1) is 0 Å². The summed E-state index contributed by atoms with van der Waals surface area (Å²) in [6, 6.07) is 0. The maximum absolute atomic E-state index is 10.1. The molecule has 0 unspecified atom stereocenters. The quantitative estimate of drug-likeness (QED) is 0.331. The fourth-order valence-electron chi connectivity index (χ4n) is 1.87. The second kappa shape index (κ2) is 15.6. The SMILES string of the molecule is CCCCCCCCCCOCCCCC=O. The monoisotopic (exact) mass is 242 g/mol. The molecule has 0 atom stereocenters. The number of carbonyl (C=O) groups is 1. The van der Waals surface area contributed by atoms with Crippen molar-refractivity contribution in [3.05, 3.63) is 0 Å². The van der Waals surface area contributed by atoms with Gasteiger partial charge in [-0.1, -0.05) is 51.9 Å². The minimum atomic E-state index is 0.682. The molecule has 0 bridgehead atoms. The predicted molar refractivity (Wildman–Crippen MR) is 73.3 cm³/mol. The molecule has 0 rings (SSSR count). The molecule has 102 valence electrons. The Morgan fingerprint density at radius 3 is 1.88 bits per heavy atom. The number of carbonyl (C=O) groups excluding carboxylic acids is 1. The topological polar surface area (TPSA) is 26.3 Å². The van der Waals surface area contributed by atoms with Gasteiger partial charge >= 0.3 is 0 Å². The third-order valence-corrected chi connectivity index (χ3v) is 3.00. The summed E-state index contributed by atoms with van der Waals surface area (Å²) < 4.78 is 5.51. The summed E-state index contributed by atoms with van der Waals surface area (Å²) in [5, 5.41) is 0. The van der Waals surface area contributed by atoms with E-state index in [2.05, 4.69) is 6.92 Å². The van der Waals surface area contributed by atoms with Gasteiger partial charge in [-0.25, -0.2) is 0 Å². The number of unbranched alkanes of at least 4 members (excludes halogenated alkanes) is 9. The Hall–Kier alpha value is -0.370. The number of hydrogen-bond donors (Lipinski definition) is 0. The Morgan fingerprint density at radius 2 is 1.29 bits per heavy atom. The highest BCUT2D eigenvalue weighted by Crippen LogP contribution is 2.08. The highest BCUT2D eigenvalue weighted by Gasteiger charge is 1.92. The molecule has 2 heteroatoms. The second-order valence-electron chi connectivity index (χ2n) is 4.75. The fraction of sp³-hybridized carbons (Fsp3) is 0.933. The van der Waals surface area contributed by atoms with Gasteiger partial charge in [0.15, 0.2) is 0 Å². The Morgan fingerprint density at radius 1 is 0.765 bits per heavy atom. The average molecular weight is 242 g/mol. The van der Waals surface area contributed by atoms with Crippen LogP contribution in [-0.4, -0.2) is 19.5 Å². The second-order valence-corrected chi connectivity index (χ2v) is 4.75. The molecule has 0 amide bonds. The Balaban J connectivity index is 2.87.